The zero-order chi connectivity index (χ0) is 35.1. The smallest absolute Gasteiger partial charge is 0.335 e. The summed E-state index contributed by atoms with van der Waals surface area (Å²) >= 11 is 0. The minimum atomic E-state index is -2.14. The Kier molecular flexibility index (Phi) is 14.0. The van der Waals surface area contributed by atoms with Crippen LogP contribution in [-0.4, -0.2) is 117 Å². The Labute approximate surface area is 291 Å². The van der Waals surface area contributed by atoms with Gasteiger partial charge in [0.15, 0.2) is 24.2 Å². The number of aliphatic carboxylic acids is 1. The van der Waals surface area contributed by atoms with Crippen LogP contribution in [0, 0.1) is 36.1 Å². The number of fused-ring (bicyclic) bond motifs is 1. The molecule has 3 aliphatic heterocycles. The van der Waals surface area contributed by atoms with Crippen LogP contribution in [0.3, 0.4) is 0 Å². The molecular weight excluding hydrogens is 632 g/mol. The van der Waals surface area contributed by atoms with Gasteiger partial charge in [0.25, 0.3) is 0 Å². The second kappa shape index (κ2) is 17.7. The molecule has 0 bridgehead atoms. The fourth-order valence-corrected chi connectivity index (χ4v) is 8.87. The van der Waals surface area contributed by atoms with E-state index in [1.165, 1.54) is 19.3 Å². The number of aliphatic hydroxyl groups is 5. The molecule has 49 heavy (non-hydrogen) atoms. The summed E-state index contributed by atoms with van der Waals surface area (Å²) < 4.78 is 18.4. The first-order valence-electron chi connectivity index (χ1n) is 18.9. The second-order valence-corrected chi connectivity index (χ2v) is 15.6. The molecule has 0 aromatic heterocycles. The number of ether oxygens (including phenoxy) is 3. The van der Waals surface area contributed by atoms with Crippen molar-refractivity contribution in [1.82, 2.24) is 5.32 Å². The first kappa shape index (κ1) is 38.6. The van der Waals surface area contributed by atoms with Crippen LogP contribution in [0.1, 0.15) is 97.3 Å². The number of carboxylic acid groups (broad SMARTS) is 1. The molecule has 5 unspecified atom stereocenters. The molecule has 5 aliphatic rings. The molecular formula is C37H61N2O10+. The molecule has 12 atom stereocenters. The van der Waals surface area contributed by atoms with Crippen molar-refractivity contribution in [3.63, 3.8) is 0 Å². The monoisotopic (exact) mass is 693 g/mol. The minimum absolute atomic E-state index is 0.0234. The van der Waals surface area contributed by atoms with E-state index in [0.29, 0.717) is 44.2 Å². The van der Waals surface area contributed by atoms with E-state index >= 15 is 0 Å². The lowest BCUT2D eigenvalue weighted by molar-refractivity contribution is -0.345. The SMILES string of the molecule is CCCCCC[C@H](C)[C@H](CNC[C@@]1(O)[C@H](OC2CCC3C(C2)OCC(C2CCC(O)CC2)C3O)O[C@H](C(=O)O)[C@@H](O)[C@@H]1O)CC1=C[CH+]N=C1. The number of aliphatic hydroxyl groups excluding tert-OH is 4. The van der Waals surface area contributed by atoms with Crippen molar-refractivity contribution < 1.29 is 49.6 Å². The molecule has 0 aromatic carbocycles. The van der Waals surface area contributed by atoms with E-state index in [1.54, 1.807) is 6.54 Å². The Bertz CT molecular complexity index is 1110. The average Bonchev–Trinajstić information content (AvgIpc) is 3.60. The molecule has 2 saturated heterocycles. The van der Waals surface area contributed by atoms with Crippen LogP contribution >= 0.6 is 0 Å². The number of nitrogens with one attached hydrogen (secondary N) is 1. The molecule has 5 rings (SSSR count). The van der Waals surface area contributed by atoms with Crippen LogP contribution in [0.15, 0.2) is 16.6 Å². The number of unbranched alkanes of at least 4 members (excludes halogenated alkanes) is 3. The minimum Gasteiger partial charge on any atom is -0.479 e. The lowest BCUT2D eigenvalue weighted by Gasteiger charge is -2.50. The topological polar surface area (TPSA) is 191 Å². The number of carboxylic acids is 1. The van der Waals surface area contributed by atoms with Crippen molar-refractivity contribution >= 4 is 12.2 Å². The number of nitrogens with zero attached hydrogens (tertiary/aromatic N) is 1. The first-order valence-corrected chi connectivity index (χ1v) is 18.9. The number of allylic oxidation sites excluding steroid dienone is 1. The van der Waals surface area contributed by atoms with Crippen molar-refractivity contribution in [1.29, 1.82) is 0 Å². The molecule has 7 N–H and O–H groups in total. The zero-order valence-electron chi connectivity index (χ0n) is 29.3. The van der Waals surface area contributed by atoms with Gasteiger partial charge in [0.05, 0.1) is 37.1 Å². The van der Waals surface area contributed by atoms with Gasteiger partial charge in [-0.15, -0.1) is 4.99 Å². The molecule has 0 aromatic rings. The van der Waals surface area contributed by atoms with E-state index in [-0.39, 0.29) is 36.5 Å². The summed E-state index contributed by atoms with van der Waals surface area (Å²) in [4.78, 5) is 16.2. The predicted octanol–water partition coefficient (Wildman–Crippen LogP) is 2.74. The largest absolute Gasteiger partial charge is 0.479 e. The van der Waals surface area contributed by atoms with Gasteiger partial charge in [-0.3, -0.25) is 0 Å². The maximum Gasteiger partial charge on any atom is 0.335 e. The van der Waals surface area contributed by atoms with Crippen LogP contribution < -0.4 is 5.32 Å². The molecule has 2 aliphatic carbocycles. The zero-order valence-corrected chi connectivity index (χ0v) is 29.3. The van der Waals surface area contributed by atoms with Gasteiger partial charge in [0, 0.05) is 31.2 Å². The van der Waals surface area contributed by atoms with Crippen molar-refractivity contribution in [2.24, 2.45) is 34.6 Å². The highest BCUT2D eigenvalue weighted by atomic mass is 16.7. The molecule has 0 amide bonds. The van der Waals surface area contributed by atoms with Crippen molar-refractivity contribution in [3.05, 3.63) is 18.2 Å². The molecule has 0 spiro atoms. The van der Waals surface area contributed by atoms with Crippen molar-refractivity contribution in [3.8, 4) is 0 Å². The lowest BCUT2D eigenvalue weighted by Crippen LogP contribution is -2.71. The van der Waals surface area contributed by atoms with Crippen LogP contribution in [0.5, 0.6) is 0 Å². The number of carbonyl (C=O) groups is 1. The second-order valence-electron chi connectivity index (χ2n) is 15.6. The van der Waals surface area contributed by atoms with Gasteiger partial charge in [0.1, 0.15) is 24.3 Å². The summed E-state index contributed by atoms with van der Waals surface area (Å²) in [6, 6.07) is 0. The van der Waals surface area contributed by atoms with E-state index in [4.69, 9.17) is 14.2 Å². The fourth-order valence-electron chi connectivity index (χ4n) is 8.87. The van der Waals surface area contributed by atoms with Gasteiger partial charge < -0.3 is 50.2 Å². The quantitative estimate of drug-likeness (QED) is 0.0930. The number of rotatable bonds is 16. The molecule has 0 radical (unpaired) electrons. The Morgan fingerprint density at radius 1 is 1.08 bits per heavy atom. The van der Waals surface area contributed by atoms with Crippen LogP contribution in [0.2, 0.25) is 0 Å². The number of hydrogen-bond donors (Lipinski definition) is 7. The molecule has 12 heteroatoms. The summed E-state index contributed by atoms with van der Waals surface area (Å²) in [6.07, 6.45) is 6.68. The maximum atomic E-state index is 12.0. The van der Waals surface area contributed by atoms with Crippen molar-refractivity contribution in [2.75, 3.05) is 19.7 Å². The van der Waals surface area contributed by atoms with E-state index in [9.17, 15) is 35.4 Å². The van der Waals surface area contributed by atoms with Crippen molar-refractivity contribution in [2.45, 2.75) is 152 Å². The van der Waals surface area contributed by atoms with Crippen LogP contribution in [-0.2, 0) is 19.0 Å². The predicted molar refractivity (Wildman–Crippen MR) is 182 cm³/mol. The third kappa shape index (κ3) is 9.44. The average molecular weight is 694 g/mol. The highest BCUT2D eigenvalue weighted by molar-refractivity contribution is 5.81. The van der Waals surface area contributed by atoms with Gasteiger partial charge in [-0.1, -0.05) is 46.0 Å². The van der Waals surface area contributed by atoms with Gasteiger partial charge in [-0.25, -0.2) is 4.79 Å². The number of aliphatic imine (C=N–C) groups is 1. The molecule has 3 heterocycles. The highest BCUT2D eigenvalue weighted by Crippen LogP contribution is 2.44. The first-order chi connectivity index (χ1) is 23.5. The van der Waals surface area contributed by atoms with Crippen LogP contribution in [0.4, 0.5) is 0 Å². The fraction of sp³-hybridized carbons (Fsp3) is 0.865. The normalized spacial score (nSPS) is 40.6. The summed E-state index contributed by atoms with van der Waals surface area (Å²) in [5.74, 6) is -0.608. The summed E-state index contributed by atoms with van der Waals surface area (Å²) in [6.45, 7) is 6.96. The third-order valence-corrected chi connectivity index (χ3v) is 12.2. The van der Waals surface area contributed by atoms with E-state index < -0.39 is 48.4 Å². The molecule has 12 nitrogen and oxygen atoms in total. The lowest BCUT2D eigenvalue weighted by atomic mass is 9.69. The highest BCUT2D eigenvalue weighted by Gasteiger charge is 2.58. The van der Waals surface area contributed by atoms with Crippen LogP contribution in [0.25, 0.3) is 0 Å². The van der Waals surface area contributed by atoms with Gasteiger partial charge in [0.2, 0.25) is 0 Å². The Hall–Kier alpha value is -1.61. The maximum absolute atomic E-state index is 12.0. The summed E-state index contributed by atoms with van der Waals surface area (Å²) in [5.41, 5.74) is -1.01. The Morgan fingerprint density at radius 2 is 1.86 bits per heavy atom. The molecule has 2 saturated carbocycles. The third-order valence-electron chi connectivity index (χ3n) is 12.2. The standard InChI is InChI=1S/C37H60N2O10/c1-3-4-5-6-7-22(2)25(16-23-14-15-38-18-23)19-39-21-37(46)34(43)32(42)33(35(44)45)49-36(37)48-27-12-13-28-30(17-27)47-20-29(31(28)41)24-8-10-26(40)11-9-24/h14-15,18,22,24-34,36,39-43,46H,3-13,16-17,19-21H2,1-2H3/p+1/t22-,24?,25-,26?,27?,28?,29?,30?,31?,32+,33-,34-,36+,37-/m0/s1. The molecule has 278 valence electrons. The van der Waals surface area contributed by atoms with Gasteiger partial charge in [-0.05, 0) is 62.8 Å². The van der Waals surface area contributed by atoms with Gasteiger partial charge >= 0.3 is 5.97 Å². The van der Waals surface area contributed by atoms with E-state index in [2.05, 4.69) is 24.2 Å². The van der Waals surface area contributed by atoms with E-state index in [0.717, 1.165) is 50.5 Å². The Morgan fingerprint density at radius 3 is 2.55 bits per heavy atom. The summed E-state index contributed by atoms with van der Waals surface area (Å²) in [5, 5.41) is 68.3. The van der Waals surface area contributed by atoms with Gasteiger partial charge in [-0.2, -0.15) is 0 Å². The molecule has 4 fully saturated rings. The number of hydrogen-bond acceptors (Lipinski definition) is 11. The summed E-state index contributed by atoms with van der Waals surface area (Å²) in [7, 11) is 0. The Balaban J connectivity index is 1.22. The van der Waals surface area contributed by atoms with E-state index in [1.807, 2.05) is 12.3 Å².